The summed E-state index contributed by atoms with van der Waals surface area (Å²) in [6.07, 6.45) is 0. The molecule has 2 N–H and O–H groups in total. The summed E-state index contributed by atoms with van der Waals surface area (Å²) in [7, 11) is 1.60. The summed E-state index contributed by atoms with van der Waals surface area (Å²) in [6, 6.07) is 14.2. The van der Waals surface area contributed by atoms with E-state index in [4.69, 9.17) is 4.74 Å². The van der Waals surface area contributed by atoms with Gasteiger partial charge in [0.15, 0.2) is 0 Å². The topological polar surface area (TPSA) is 67.4 Å². The summed E-state index contributed by atoms with van der Waals surface area (Å²) in [5, 5.41) is 5.60. The van der Waals surface area contributed by atoms with Gasteiger partial charge in [-0.25, -0.2) is 0 Å². The van der Waals surface area contributed by atoms with Gasteiger partial charge in [0.2, 0.25) is 5.91 Å². The fraction of sp³-hybridized carbons (Fsp3) is 0.222. The largest absolute Gasteiger partial charge is 0.496 e. The standard InChI is InChI=1S/C18H20N2O3/c1-12(16-9-4-5-10-17(16)23-3)19-18(22)14-7-6-8-15(11-14)20-13(2)21/h4-12H,1-3H3,(H,19,22)(H,20,21)/t12-/m1/s1. The van der Waals surface area contributed by atoms with Crippen LogP contribution in [0.3, 0.4) is 0 Å². The highest BCUT2D eigenvalue weighted by Gasteiger charge is 2.15. The van der Waals surface area contributed by atoms with Crippen LogP contribution in [0.4, 0.5) is 5.69 Å². The average Bonchev–Trinajstić information content (AvgIpc) is 2.54. The number of ether oxygens (including phenoxy) is 1. The first-order valence-corrected chi connectivity index (χ1v) is 7.32. The molecule has 0 heterocycles. The Morgan fingerprint density at radius 1 is 1.09 bits per heavy atom. The van der Waals surface area contributed by atoms with Crippen molar-refractivity contribution in [3.05, 3.63) is 59.7 Å². The number of para-hydroxylation sites is 1. The van der Waals surface area contributed by atoms with E-state index >= 15 is 0 Å². The number of anilines is 1. The molecule has 0 saturated carbocycles. The molecule has 0 fully saturated rings. The number of carbonyl (C=O) groups excluding carboxylic acids is 2. The van der Waals surface area contributed by atoms with Crippen molar-refractivity contribution in [2.75, 3.05) is 12.4 Å². The number of benzene rings is 2. The van der Waals surface area contributed by atoms with Gasteiger partial charge in [-0.15, -0.1) is 0 Å². The van der Waals surface area contributed by atoms with Crippen LogP contribution in [-0.4, -0.2) is 18.9 Å². The summed E-state index contributed by atoms with van der Waals surface area (Å²) in [6.45, 7) is 3.32. The van der Waals surface area contributed by atoms with Crippen LogP contribution >= 0.6 is 0 Å². The average molecular weight is 312 g/mol. The van der Waals surface area contributed by atoms with Crippen molar-refractivity contribution in [2.45, 2.75) is 19.9 Å². The Balaban J connectivity index is 2.13. The Morgan fingerprint density at radius 3 is 2.52 bits per heavy atom. The molecule has 2 aromatic rings. The van der Waals surface area contributed by atoms with Gasteiger partial charge in [0.25, 0.3) is 5.91 Å². The van der Waals surface area contributed by atoms with Crippen LogP contribution in [0.5, 0.6) is 5.75 Å². The van der Waals surface area contributed by atoms with E-state index in [0.717, 1.165) is 11.3 Å². The third-order valence-electron chi connectivity index (χ3n) is 3.40. The lowest BCUT2D eigenvalue weighted by Crippen LogP contribution is -2.27. The molecule has 5 heteroatoms. The van der Waals surface area contributed by atoms with Crippen molar-refractivity contribution >= 4 is 17.5 Å². The molecule has 2 rings (SSSR count). The van der Waals surface area contributed by atoms with Crippen molar-refractivity contribution < 1.29 is 14.3 Å². The van der Waals surface area contributed by atoms with Crippen molar-refractivity contribution in [3.63, 3.8) is 0 Å². The molecule has 0 aliphatic heterocycles. The van der Waals surface area contributed by atoms with Crippen LogP contribution in [0.2, 0.25) is 0 Å². The van der Waals surface area contributed by atoms with E-state index in [1.165, 1.54) is 6.92 Å². The summed E-state index contributed by atoms with van der Waals surface area (Å²) >= 11 is 0. The molecule has 0 unspecified atom stereocenters. The van der Waals surface area contributed by atoms with Gasteiger partial charge in [-0.2, -0.15) is 0 Å². The Hall–Kier alpha value is -2.82. The molecule has 0 spiro atoms. The number of carbonyl (C=O) groups is 2. The maximum atomic E-state index is 12.4. The van der Waals surface area contributed by atoms with Gasteiger partial charge in [-0.3, -0.25) is 9.59 Å². The monoisotopic (exact) mass is 312 g/mol. The molecular weight excluding hydrogens is 292 g/mol. The fourth-order valence-electron chi connectivity index (χ4n) is 2.32. The molecule has 0 aromatic heterocycles. The third kappa shape index (κ3) is 4.32. The SMILES string of the molecule is COc1ccccc1[C@@H](C)NC(=O)c1cccc(NC(C)=O)c1. The summed E-state index contributed by atoms with van der Waals surface area (Å²) in [5.41, 5.74) is 1.98. The maximum Gasteiger partial charge on any atom is 0.251 e. The van der Waals surface area contributed by atoms with E-state index in [1.54, 1.807) is 31.4 Å². The zero-order valence-electron chi connectivity index (χ0n) is 13.4. The lowest BCUT2D eigenvalue weighted by molar-refractivity contribution is -0.114. The minimum atomic E-state index is -0.212. The molecule has 0 saturated heterocycles. The summed E-state index contributed by atoms with van der Waals surface area (Å²) < 4.78 is 5.32. The van der Waals surface area contributed by atoms with Gasteiger partial charge in [0.05, 0.1) is 13.2 Å². The third-order valence-corrected chi connectivity index (χ3v) is 3.40. The highest BCUT2D eigenvalue weighted by molar-refractivity contribution is 5.97. The van der Waals surface area contributed by atoms with Crippen molar-refractivity contribution in [1.29, 1.82) is 0 Å². The molecule has 1 atom stereocenters. The number of rotatable bonds is 5. The van der Waals surface area contributed by atoms with Gasteiger partial charge in [0.1, 0.15) is 5.75 Å². The Bertz CT molecular complexity index is 713. The first kappa shape index (κ1) is 16.5. The first-order valence-electron chi connectivity index (χ1n) is 7.32. The second kappa shape index (κ2) is 7.45. The van der Waals surface area contributed by atoms with Crippen LogP contribution in [0, 0.1) is 0 Å². The molecule has 0 radical (unpaired) electrons. The van der Waals surface area contributed by atoms with Gasteiger partial charge in [-0.05, 0) is 31.2 Å². The minimum Gasteiger partial charge on any atom is -0.496 e. The lowest BCUT2D eigenvalue weighted by atomic mass is 10.1. The summed E-state index contributed by atoms with van der Waals surface area (Å²) in [5.74, 6) is 0.341. The Kier molecular flexibility index (Phi) is 5.36. The molecule has 120 valence electrons. The van der Waals surface area contributed by atoms with Crippen LogP contribution in [0.25, 0.3) is 0 Å². The maximum absolute atomic E-state index is 12.4. The van der Waals surface area contributed by atoms with Gasteiger partial charge >= 0.3 is 0 Å². The van der Waals surface area contributed by atoms with Crippen LogP contribution < -0.4 is 15.4 Å². The second-order valence-electron chi connectivity index (χ2n) is 5.20. The highest BCUT2D eigenvalue weighted by Crippen LogP contribution is 2.24. The van der Waals surface area contributed by atoms with Crippen LogP contribution in [0.15, 0.2) is 48.5 Å². The number of hydrogen-bond acceptors (Lipinski definition) is 3. The molecule has 0 bridgehead atoms. The van der Waals surface area contributed by atoms with E-state index in [1.807, 2.05) is 31.2 Å². The molecule has 2 aromatic carbocycles. The zero-order valence-corrected chi connectivity index (χ0v) is 13.4. The smallest absolute Gasteiger partial charge is 0.251 e. The second-order valence-corrected chi connectivity index (χ2v) is 5.20. The molecule has 0 aliphatic carbocycles. The van der Waals surface area contributed by atoms with E-state index in [2.05, 4.69) is 10.6 Å². The Morgan fingerprint density at radius 2 is 1.83 bits per heavy atom. The lowest BCUT2D eigenvalue weighted by Gasteiger charge is -2.17. The predicted octanol–water partition coefficient (Wildman–Crippen LogP) is 3.14. The van der Waals surface area contributed by atoms with E-state index < -0.39 is 0 Å². The fourth-order valence-corrected chi connectivity index (χ4v) is 2.32. The zero-order chi connectivity index (χ0) is 16.8. The van der Waals surface area contributed by atoms with E-state index in [9.17, 15) is 9.59 Å². The molecular formula is C18H20N2O3. The molecule has 0 aliphatic rings. The first-order chi connectivity index (χ1) is 11.0. The predicted molar refractivity (Wildman–Crippen MR) is 89.6 cm³/mol. The number of nitrogens with one attached hydrogen (secondary N) is 2. The number of amides is 2. The van der Waals surface area contributed by atoms with E-state index in [-0.39, 0.29) is 17.9 Å². The Labute approximate surface area is 135 Å². The van der Waals surface area contributed by atoms with Gasteiger partial charge in [-0.1, -0.05) is 24.3 Å². The normalized spacial score (nSPS) is 11.4. The molecule has 2 amide bonds. The van der Waals surface area contributed by atoms with Gasteiger partial charge < -0.3 is 15.4 Å². The quantitative estimate of drug-likeness (QED) is 0.891. The summed E-state index contributed by atoms with van der Waals surface area (Å²) in [4.78, 5) is 23.5. The van der Waals surface area contributed by atoms with E-state index in [0.29, 0.717) is 11.3 Å². The minimum absolute atomic E-state index is 0.176. The van der Waals surface area contributed by atoms with Crippen molar-refractivity contribution in [3.8, 4) is 5.75 Å². The van der Waals surface area contributed by atoms with Crippen molar-refractivity contribution in [1.82, 2.24) is 5.32 Å². The van der Waals surface area contributed by atoms with Gasteiger partial charge in [0, 0.05) is 23.7 Å². The number of hydrogen-bond donors (Lipinski definition) is 2. The molecule has 5 nitrogen and oxygen atoms in total. The number of methoxy groups -OCH3 is 1. The molecule has 23 heavy (non-hydrogen) atoms. The van der Waals surface area contributed by atoms with Crippen molar-refractivity contribution in [2.24, 2.45) is 0 Å². The van der Waals surface area contributed by atoms with Crippen LogP contribution in [0.1, 0.15) is 35.8 Å². The highest BCUT2D eigenvalue weighted by atomic mass is 16.5. The van der Waals surface area contributed by atoms with Crippen LogP contribution in [-0.2, 0) is 4.79 Å².